The molecule has 0 aromatic heterocycles. The molecule has 0 heterocycles. The molecular formula is C33H39N3O4. The first-order chi connectivity index (χ1) is 19.0. The summed E-state index contributed by atoms with van der Waals surface area (Å²) in [6.45, 7) is 12.9. The van der Waals surface area contributed by atoms with Gasteiger partial charge < -0.3 is 20.3 Å². The Hall–Kier alpha value is -4.13. The molecule has 3 amide bonds. The second-order valence-electron chi connectivity index (χ2n) is 11.7. The van der Waals surface area contributed by atoms with Gasteiger partial charge in [0.2, 0.25) is 5.91 Å². The molecule has 1 aliphatic carbocycles. The van der Waals surface area contributed by atoms with Crippen molar-refractivity contribution in [2.45, 2.75) is 71.2 Å². The molecule has 2 unspecified atom stereocenters. The van der Waals surface area contributed by atoms with Gasteiger partial charge in [-0.05, 0) is 79.6 Å². The van der Waals surface area contributed by atoms with Crippen LogP contribution in [0.25, 0.3) is 16.8 Å². The van der Waals surface area contributed by atoms with Gasteiger partial charge in [0.15, 0.2) is 0 Å². The second kappa shape index (κ2) is 11.9. The Bertz CT molecular complexity index is 1400. The van der Waals surface area contributed by atoms with Crippen molar-refractivity contribution < 1.29 is 19.1 Å². The largest absolute Gasteiger partial charge is 0.444 e. The molecule has 2 atom stereocenters. The average molecular weight is 542 g/mol. The predicted octanol–water partition coefficient (Wildman–Crippen LogP) is 6.70. The van der Waals surface area contributed by atoms with Crippen LogP contribution in [-0.4, -0.2) is 40.5 Å². The third kappa shape index (κ3) is 7.08. The van der Waals surface area contributed by atoms with Crippen LogP contribution < -0.4 is 10.6 Å². The summed E-state index contributed by atoms with van der Waals surface area (Å²) >= 11 is 0. The topological polar surface area (TPSA) is 87.7 Å². The Balaban J connectivity index is 1.71. The standard InChI is InChI=1S/C33H39N3O4/c1-7-22-11-10-14-25(19-22)29(30(37)34-26-16-15-23-12-8-9-13-24(23)20-26)36(27-17-18-27)31(38)28(21(2)3)35-32(39)40-33(4,5)6/h7-16,19-21,27-29H,1,17-18H2,2-6H3,(H,34,37)(H,35,39). The molecule has 1 fully saturated rings. The third-order valence-corrected chi connectivity index (χ3v) is 6.81. The van der Waals surface area contributed by atoms with Gasteiger partial charge in [0.1, 0.15) is 17.7 Å². The molecule has 0 spiro atoms. The van der Waals surface area contributed by atoms with Crippen molar-refractivity contribution in [3.05, 3.63) is 84.4 Å². The minimum Gasteiger partial charge on any atom is -0.444 e. The van der Waals surface area contributed by atoms with Gasteiger partial charge >= 0.3 is 6.09 Å². The van der Waals surface area contributed by atoms with Crippen molar-refractivity contribution in [1.29, 1.82) is 0 Å². The lowest BCUT2D eigenvalue weighted by Crippen LogP contribution is -2.55. The number of benzene rings is 3. The van der Waals surface area contributed by atoms with Gasteiger partial charge in [-0.3, -0.25) is 9.59 Å². The van der Waals surface area contributed by atoms with Crippen LogP contribution in [0, 0.1) is 5.92 Å². The summed E-state index contributed by atoms with van der Waals surface area (Å²) in [5, 5.41) is 7.90. The highest BCUT2D eigenvalue weighted by atomic mass is 16.6. The predicted molar refractivity (Wildman–Crippen MR) is 160 cm³/mol. The minimum atomic E-state index is -0.909. The lowest BCUT2D eigenvalue weighted by Gasteiger charge is -2.36. The molecule has 0 radical (unpaired) electrons. The van der Waals surface area contributed by atoms with Crippen LogP contribution >= 0.6 is 0 Å². The molecule has 3 aromatic rings. The smallest absolute Gasteiger partial charge is 0.408 e. The first kappa shape index (κ1) is 28.9. The Labute approximate surface area is 236 Å². The van der Waals surface area contributed by atoms with E-state index in [1.165, 1.54) is 0 Å². The molecule has 2 N–H and O–H groups in total. The van der Waals surface area contributed by atoms with Crippen LogP contribution in [-0.2, 0) is 14.3 Å². The summed E-state index contributed by atoms with van der Waals surface area (Å²) in [6, 6.07) is 19.3. The average Bonchev–Trinajstić information content (AvgIpc) is 3.74. The normalized spacial score (nSPS) is 14.8. The molecule has 1 aliphatic rings. The zero-order valence-electron chi connectivity index (χ0n) is 23.9. The zero-order valence-corrected chi connectivity index (χ0v) is 23.9. The van der Waals surface area contributed by atoms with E-state index in [1.807, 2.05) is 80.6 Å². The maximum atomic E-state index is 14.2. The van der Waals surface area contributed by atoms with Gasteiger partial charge in [0, 0.05) is 11.7 Å². The molecule has 0 saturated heterocycles. The fraction of sp³-hybridized carbons (Fsp3) is 0.364. The molecule has 3 aromatic carbocycles. The highest BCUT2D eigenvalue weighted by Crippen LogP contribution is 2.37. The molecule has 210 valence electrons. The van der Waals surface area contributed by atoms with Crippen LogP contribution in [0.1, 0.15) is 64.6 Å². The molecule has 0 bridgehead atoms. The number of anilines is 1. The Morgan fingerprint density at radius 1 is 0.975 bits per heavy atom. The number of alkyl carbamates (subject to hydrolysis) is 1. The molecule has 40 heavy (non-hydrogen) atoms. The summed E-state index contributed by atoms with van der Waals surface area (Å²) in [5.41, 5.74) is 1.45. The fourth-order valence-electron chi connectivity index (χ4n) is 4.75. The van der Waals surface area contributed by atoms with Crippen molar-refractivity contribution in [1.82, 2.24) is 10.2 Å². The maximum absolute atomic E-state index is 14.2. The van der Waals surface area contributed by atoms with Gasteiger partial charge in [0.05, 0.1) is 0 Å². The lowest BCUT2D eigenvalue weighted by molar-refractivity contribution is -0.142. The number of hydrogen-bond acceptors (Lipinski definition) is 4. The van der Waals surface area contributed by atoms with E-state index in [2.05, 4.69) is 17.2 Å². The first-order valence-corrected chi connectivity index (χ1v) is 13.8. The number of fused-ring (bicyclic) bond motifs is 1. The number of nitrogens with one attached hydrogen (secondary N) is 2. The Morgan fingerprint density at radius 2 is 1.68 bits per heavy atom. The number of amides is 3. The lowest BCUT2D eigenvalue weighted by atomic mass is 9.97. The van der Waals surface area contributed by atoms with E-state index >= 15 is 0 Å². The molecule has 4 rings (SSSR count). The minimum absolute atomic E-state index is 0.117. The summed E-state index contributed by atoms with van der Waals surface area (Å²) in [7, 11) is 0. The van der Waals surface area contributed by atoms with E-state index in [0.29, 0.717) is 11.3 Å². The first-order valence-electron chi connectivity index (χ1n) is 13.8. The summed E-state index contributed by atoms with van der Waals surface area (Å²) in [6.07, 6.45) is 2.61. The van der Waals surface area contributed by atoms with Crippen molar-refractivity contribution in [3.8, 4) is 0 Å². The molecule has 0 aliphatic heterocycles. The summed E-state index contributed by atoms with van der Waals surface area (Å²) in [5.74, 6) is -0.868. The van der Waals surface area contributed by atoms with E-state index in [1.54, 1.807) is 31.7 Å². The number of carbonyl (C=O) groups excluding carboxylic acids is 3. The molecule has 7 heteroatoms. The molecule has 7 nitrogen and oxygen atoms in total. The maximum Gasteiger partial charge on any atom is 0.408 e. The van der Waals surface area contributed by atoms with E-state index in [4.69, 9.17) is 4.74 Å². The van der Waals surface area contributed by atoms with Crippen LogP contribution in [0.3, 0.4) is 0 Å². The number of nitrogens with zero attached hydrogens (tertiary/aromatic N) is 1. The Morgan fingerprint density at radius 3 is 2.30 bits per heavy atom. The van der Waals surface area contributed by atoms with Crippen LogP contribution in [0.5, 0.6) is 0 Å². The molecule has 1 saturated carbocycles. The van der Waals surface area contributed by atoms with Crippen LogP contribution in [0.4, 0.5) is 10.5 Å². The Kier molecular flexibility index (Phi) is 8.62. The summed E-state index contributed by atoms with van der Waals surface area (Å²) in [4.78, 5) is 42.7. The summed E-state index contributed by atoms with van der Waals surface area (Å²) < 4.78 is 5.45. The van der Waals surface area contributed by atoms with E-state index in [-0.39, 0.29) is 23.8 Å². The number of rotatable bonds is 9. The number of ether oxygens (including phenoxy) is 1. The van der Waals surface area contributed by atoms with Gasteiger partial charge in [-0.15, -0.1) is 0 Å². The monoisotopic (exact) mass is 541 g/mol. The van der Waals surface area contributed by atoms with Crippen LogP contribution in [0.2, 0.25) is 0 Å². The highest BCUT2D eigenvalue weighted by Gasteiger charge is 2.44. The molecular weight excluding hydrogens is 502 g/mol. The fourth-order valence-corrected chi connectivity index (χ4v) is 4.75. The van der Waals surface area contributed by atoms with Crippen molar-refractivity contribution >= 4 is 40.4 Å². The number of carbonyl (C=O) groups is 3. The van der Waals surface area contributed by atoms with Gasteiger partial charge in [-0.25, -0.2) is 4.79 Å². The van der Waals surface area contributed by atoms with Crippen molar-refractivity contribution in [3.63, 3.8) is 0 Å². The quantitative estimate of drug-likeness (QED) is 0.315. The highest BCUT2D eigenvalue weighted by molar-refractivity contribution is 6.00. The van der Waals surface area contributed by atoms with E-state index in [0.717, 1.165) is 29.2 Å². The SMILES string of the molecule is C=Cc1cccc(C(C(=O)Nc2ccc3ccccc3c2)N(C(=O)C(NC(=O)OC(C)(C)C)C(C)C)C2CC2)c1. The van der Waals surface area contributed by atoms with E-state index < -0.39 is 23.8 Å². The van der Waals surface area contributed by atoms with E-state index in [9.17, 15) is 14.4 Å². The zero-order chi connectivity index (χ0) is 29.0. The van der Waals surface area contributed by atoms with Crippen LogP contribution in [0.15, 0.2) is 73.3 Å². The number of hydrogen-bond donors (Lipinski definition) is 2. The van der Waals surface area contributed by atoms with Gasteiger partial charge in [0.25, 0.3) is 5.91 Å². The van der Waals surface area contributed by atoms with Crippen molar-refractivity contribution in [2.24, 2.45) is 5.92 Å². The van der Waals surface area contributed by atoms with Crippen molar-refractivity contribution in [2.75, 3.05) is 5.32 Å². The van der Waals surface area contributed by atoms with Gasteiger partial charge in [-0.1, -0.05) is 75.0 Å². The second-order valence-corrected chi connectivity index (χ2v) is 11.7. The van der Waals surface area contributed by atoms with Gasteiger partial charge in [-0.2, -0.15) is 0 Å². The third-order valence-electron chi connectivity index (χ3n) is 6.81.